The fourth-order valence-electron chi connectivity index (χ4n) is 3.31. The molecule has 3 nitrogen and oxygen atoms in total. The zero-order valence-electron chi connectivity index (χ0n) is 13.2. The number of nitrogens with two attached hydrogens (primary N) is 1. The minimum absolute atomic E-state index is 0.161. The third-order valence-corrected chi connectivity index (χ3v) is 4.83. The standard InChI is InChI=1S/C17H29N3/c1-15-6-4-7-16(12-15)13-20(3)17(14-18)8-5-10-19(2)11-9-17/h4,6-7,12H,5,8-11,13-14,18H2,1-3H3. The first kappa shape index (κ1) is 15.5. The van der Waals surface area contributed by atoms with Gasteiger partial charge in [0.05, 0.1) is 0 Å². The number of aryl methyl sites for hydroxylation is 1. The summed E-state index contributed by atoms with van der Waals surface area (Å²) in [7, 11) is 4.45. The molecule has 20 heavy (non-hydrogen) atoms. The molecule has 0 saturated carbocycles. The van der Waals surface area contributed by atoms with Crippen molar-refractivity contribution in [1.29, 1.82) is 0 Å². The maximum atomic E-state index is 6.18. The highest BCUT2D eigenvalue weighted by Crippen LogP contribution is 2.28. The van der Waals surface area contributed by atoms with Gasteiger partial charge in [0.1, 0.15) is 0 Å². The van der Waals surface area contributed by atoms with Crippen LogP contribution in [0.3, 0.4) is 0 Å². The number of hydrogen-bond donors (Lipinski definition) is 1. The molecule has 1 atom stereocenters. The number of likely N-dealkylation sites (tertiary alicyclic amines) is 1. The van der Waals surface area contributed by atoms with Crippen LogP contribution in [0.4, 0.5) is 0 Å². The van der Waals surface area contributed by atoms with E-state index >= 15 is 0 Å². The minimum Gasteiger partial charge on any atom is -0.329 e. The van der Waals surface area contributed by atoms with Crippen molar-refractivity contribution < 1.29 is 0 Å². The maximum absolute atomic E-state index is 6.18. The van der Waals surface area contributed by atoms with Crippen molar-refractivity contribution in [2.24, 2.45) is 5.73 Å². The Bertz CT molecular complexity index is 432. The van der Waals surface area contributed by atoms with Gasteiger partial charge < -0.3 is 10.6 Å². The van der Waals surface area contributed by atoms with E-state index in [0.29, 0.717) is 0 Å². The molecule has 2 N–H and O–H groups in total. The highest BCUT2D eigenvalue weighted by Gasteiger charge is 2.34. The lowest BCUT2D eigenvalue weighted by Crippen LogP contribution is -2.52. The van der Waals surface area contributed by atoms with Crippen LogP contribution in [-0.2, 0) is 6.54 Å². The second-order valence-electron chi connectivity index (χ2n) is 6.43. The lowest BCUT2D eigenvalue weighted by Gasteiger charge is -2.41. The molecule has 0 aliphatic carbocycles. The Morgan fingerprint density at radius 3 is 2.80 bits per heavy atom. The zero-order valence-corrected chi connectivity index (χ0v) is 13.2. The monoisotopic (exact) mass is 275 g/mol. The van der Waals surface area contributed by atoms with E-state index in [9.17, 15) is 0 Å². The van der Waals surface area contributed by atoms with Crippen LogP contribution >= 0.6 is 0 Å². The molecule has 3 heteroatoms. The molecule has 0 amide bonds. The van der Waals surface area contributed by atoms with Crippen molar-refractivity contribution in [3.05, 3.63) is 35.4 Å². The lowest BCUT2D eigenvalue weighted by molar-refractivity contribution is 0.100. The van der Waals surface area contributed by atoms with E-state index in [4.69, 9.17) is 5.73 Å². The molecule has 1 aliphatic rings. The van der Waals surface area contributed by atoms with Crippen molar-refractivity contribution in [2.75, 3.05) is 33.7 Å². The van der Waals surface area contributed by atoms with Gasteiger partial charge in [-0.3, -0.25) is 4.90 Å². The van der Waals surface area contributed by atoms with E-state index < -0.39 is 0 Å². The summed E-state index contributed by atoms with van der Waals surface area (Å²) in [5.41, 5.74) is 9.06. The Morgan fingerprint density at radius 1 is 1.30 bits per heavy atom. The predicted octanol–water partition coefficient (Wildman–Crippen LogP) is 2.24. The van der Waals surface area contributed by atoms with Gasteiger partial charge in [-0.05, 0) is 58.9 Å². The van der Waals surface area contributed by atoms with Crippen molar-refractivity contribution in [3.63, 3.8) is 0 Å². The van der Waals surface area contributed by atoms with Gasteiger partial charge in [0.25, 0.3) is 0 Å². The van der Waals surface area contributed by atoms with Crippen molar-refractivity contribution in [3.8, 4) is 0 Å². The van der Waals surface area contributed by atoms with Gasteiger partial charge in [0.15, 0.2) is 0 Å². The lowest BCUT2D eigenvalue weighted by atomic mass is 9.88. The van der Waals surface area contributed by atoms with Gasteiger partial charge in [-0.1, -0.05) is 29.8 Å². The van der Waals surface area contributed by atoms with Crippen molar-refractivity contribution in [1.82, 2.24) is 9.80 Å². The van der Waals surface area contributed by atoms with E-state index in [1.54, 1.807) is 0 Å². The fraction of sp³-hybridized carbons (Fsp3) is 0.647. The Hall–Kier alpha value is -0.900. The van der Waals surface area contributed by atoms with E-state index in [1.165, 1.54) is 36.9 Å². The Morgan fingerprint density at radius 2 is 2.10 bits per heavy atom. The topological polar surface area (TPSA) is 32.5 Å². The normalized spacial score (nSPS) is 24.9. The van der Waals surface area contributed by atoms with Crippen LogP contribution in [0.2, 0.25) is 0 Å². The molecular weight excluding hydrogens is 246 g/mol. The molecule has 1 fully saturated rings. The molecule has 0 aromatic heterocycles. The number of benzene rings is 1. The van der Waals surface area contributed by atoms with Crippen LogP contribution in [0.5, 0.6) is 0 Å². The second-order valence-corrected chi connectivity index (χ2v) is 6.43. The average Bonchev–Trinajstić information content (AvgIpc) is 2.61. The molecule has 1 heterocycles. The van der Waals surface area contributed by atoms with Crippen LogP contribution in [0.25, 0.3) is 0 Å². The zero-order chi connectivity index (χ0) is 14.6. The summed E-state index contributed by atoms with van der Waals surface area (Å²) < 4.78 is 0. The number of nitrogens with zero attached hydrogens (tertiary/aromatic N) is 2. The Labute approximate surface area is 123 Å². The van der Waals surface area contributed by atoms with Crippen LogP contribution in [0.1, 0.15) is 30.4 Å². The van der Waals surface area contributed by atoms with E-state index in [2.05, 4.69) is 55.1 Å². The summed E-state index contributed by atoms with van der Waals surface area (Å²) in [5, 5.41) is 0. The summed E-state index contributed by atoms with van der Waals surface area (Å²) in [4.78, 5) is 4.92. The average molecular weight is 275 g/mol. The summed E-state index contributed by atoms with van der Waals surface area (Å²) >= 11 is 0. The first-order chi connectivity index (χ1) is 9.55. The maximum Gasteiger partial charge on any atom is 0.0344 e. The van der Waals surface area contributed by atoms with Crippen LogP contribution in [-0.4, -0.2) is 49.1 Å². The number of hydrogen-bond acceptors (Lipinski definition) is 3. The summed E-state index contributed by atoms with van der Waals surface area (Å²) in [6.45, 7) is 6.24. The van der Waals surface area contributed by atoms with Crippen LogP contribution in [0, 0.1) is 6.92 Å². The van der Waals surface area contributed by atoms with Crippen LogP contribution < -0.4 is 5.73 Å². The minimum atomic E-state index is 0.161. The predicted molar refractivity (Wildman–Crippen MR) is 85.8 cm³/mol. The van der Waals surface area contributed by atoms with Crippen molar-refractivity contribution in [2.45, 2.75) is 38.3 Å². The summed E-state index contributed by atoms with van der Waals surface area (Å²) in [6.07, 6.45) is 3.62. The SMILES string of the molecule is Cc1cccc(CN(C)C2(CN)CCCN(C)CC2)c1. The second kappa shape index (κ2) is 6.70. The molecule has 1 unspecified atom stereocenters. The molecule has 0 radical (unpaired) electrons. The summed E-state index contributed by atoms with van der Waals surface area (Å²) in [6, 6.07) is 8.80. The van der Waals surface area contributed by atoms with Gasteiger partial charge >= 0.3 is 0 Å². The quantitative estimate of drug-likeness (QED) is 0.914. The fourth-order valence-corrected chi connectivity index (χ4v) is 3.31. The molecule has 1 aromatic carbocycles. The molecular formula is C17H29N3. The Kier molecular flexibility index (Phi) is 5.19. The van der Waals surface area contributed by atoms with Crippen molar-refractivity contribution >= 4 is 0 Å². The molecule has 1 saturated heterocycles. The van der Waals surface area contributed by atoms with Gasteiger partial charge in [0, 0.05) is 18.6 Å². The smallest absolute Gasteiger partial charge is 0.0344 e. The number of rotatable bonds is 4. The summed E-state index contributed by atoms with van der Waals surface area (Å²) in [5.74, 6) is 0. The van der Waals surface area contributed by atoms with Gasteiger partial charge in [-0.2, -0.15) is 0 Å². The molecule has 1 aliphatic heterocycles. The Balaban J connectivity index is 2.09. The van der Waals surface area contributed by atoms with Gasteiger partial charge in [0.2, 0.25) is 0 Å². The van der Waals surface area contributed by atoms with E-state index in [-0.39, 0.29) is 5.54 Å². The highest BCUT2D eigenvalue weighted by atomic mass is 15.2. The number of likely N-dealkylation sites (N-methyl/N-ethyl adjacent to an activating group) is 1. The molecule has 2 rings (SSSR count). The molecule has 112 valence electrons. The third-order valence-electron chi connectivity index (χ3n) is 4.83. The largest absolute Gasteiger partial charge is 0.329 e. The third kappa shape index (κ3) is 3.60. The molecule has 0 spiro atoms. The van der Waals surface area contributed by atoms with Gasteiger partial charge in [-0.15, -0.1) is 0 Å². The van der Waals surface area contributed by atoms with Crippen LogP contribution in [0.15, 0.2) is 24.3 Å². The first-order valence-electron chi connectivity index (χ1n) is 7.71. The molecule has 0 bridgehead atoms. The van der Waals surface area contributed by atoms with Gasteiger partial charge in [-0.25, -0.2) is 0 Å². The molecule has 1 aromatic rings. The highest BCUT2D eigenvalue weighted by molar-refractivity contribution is 5.22. The van der Waals surface area contributed by atoms with E-state index in [0.717, 1.165) is 19.6 Å². The van der Waals surface area contributed by atoms with E-state index in [1.807, 2.05) is 0 Å². The first-order valence-corrected chi connectivity index (χ1v) is 7.71.